The second-order valence-electron chi connectivity index (χ2n) is 1.88. The smallest absolute Gasteiger partial charge is 0.374 e. The Hall–Kier alpha value is 0.907. The van der Waals surface area contributed by atoms with E-state index in [1.165, 1.54) is 0 Å². The molecule has 9 heavy (non-hydrogen) atoms. The van der Waals surface area contributed by atoms with E-state index in [1.54, 1.807) is 18.9 Å². The van der Waals surface area contributed by atoms with Crippen LogP contribution in [0.2, 0.25) is 0 Å². The molecule has 0 aromatic heterocycles. The maximum atomic E-state index is 4.83. The number of thioether (sulfide) groups is 1. The molecule has 0 bridgehead atoms. The van der Waals surface area contributed by atoms with Crippen molar-refractivity contribution >= 4 is 11.8 Å². The Balaban J connectivity index is 0. The quantitative estimate of drug-likeness (QED) is 0.210. The van der Waals surface area contributed by atoms with E-state index in [1.807, 2.05) is 0 Å². The Morgan fingerprint density at radius 2 is 2.22 bits per heavy atom. The minimum atomic E-state index is 0. The Labute approximate surface area is 74.1 Å². The van der Waals surface area contributed by atoms with E-state index in [0.717, 1.165) is 11.7 Å². The first-order valence-electron chi connectivity index (χ1n) is 2.67. The monoisotopic (exact) mass is 140 g/mol. The van der Waals surface area contributed by atoms with Crippen molar-refractivity contribution in [1.29, 1.82) is 0 Å². The standard InChI is InChI=1S/C6H13OS.Li/c1-6(2)4-8-5-7-3;/h6H,1,4-5H2,2-3H3;/q-1;+1. The SMILES string of the molecule is [CH2-]C(C)CSCOC.[Li+]. The molecule has 0 aliphatic rings. The molecule has 0 radical (unpaired) electrons. The van der Waals surface area contributed by atoms with E-state index in [4.69, 9.17) is 4.74 Å². The van der Waals surface area contributed by atoms with E-state index in [-0.39, 0.29) is 18.9 Å². The molecule has 0 rings (SSSR count). The third-order valence-corrected chi connectivity index (χ3v) is 1.81. The number of hydrogen-bond donors (Lipinski definition) is 0. The molecule has 0 fully saturated rings. The second-order valence-corrected chi connectivity index (χ2v) is 2.86. The van der Waals surface area contributed by atoms with Crippen LogP contribution in [0.3, 0.4) is 0 Å². The van der Waals surface area contributed by atoms with Gasteiger partial charge in [-0.25, -0.2) is 0 Å². The van der Waals surface area contributed by atoms with Gasteiger partial charge in [0.25, 0.3) is 0 Å². The number of hydrogen-bond acceptors (Lipinski definition) is 2. The fourth-order valence-electron chi connectivity index (χ4n) is 0.333. The summed E-state index contributed by atoms with van der Waals surface area (Å²) in [6.07, 6.45) is 0. The van der Waals surface area contributed by atoms with Gasteiger partial charge in [-0.3, -0.25) is 0 Å². The van der Waals surface area contributed by atoms with Crippen LogP contribution in [0, 0.1) is 12.8 Å². The van der Waals surface area contributed by atoms with E-state index in [2.05, 4.69) is 13.8 Å². The predicted octanol–water partition coefficient (Wildman–Crippen LogP) is -1.20. The van der Waals surface area contributed by atoms with Gasteiger partial charge in [-0.05, 0) is 5.75 Å². The van der Waals surface area contributed by atoms with Crippen molar-refractivity contribution in [3.05, 3.63) is 6.92 Å². The minimum absolute atomic E-state index is 0. The van der Waals surface area contributed by atoms with Gasteiger partial charge in [-0.2, -0.15) is 5.92 Å². The third-order valence-electron chi connectivity index (χ3n) is 0.604. The van der Waals surface area contributed by atoms with Crippen LogP contribution in [-0.4, -0.2) is 18.8 Å². The molecule has 0 saturated heterocycles. The number of rotatable bonds is 4. The van der Waals surface area contributed by atoms with Gasteiger partial charge in [-0.15, -0.1) is 11.8 Å². The zero-order valence-electron chi connectivity index (χ0n) is 6.52. The maximum Gasteiger partial charge on any atom is 1.00 e. The summed E-state index contributed by atoms with van der Waals surface area (Å²) in [6.45, 7) is 5.93. The molecule has 0 aromatic carbocycles. The Morgan fingerprint density at radius 1 is 1.67 bits per heavy atom. The zero-order chi connectivity index (χ0) is 6.41. The molecule has 0 aliphatic heterocycles. The second kappa shape index (κ2) is 8.91. The molecule has 0 N–H and O–H groups in total. The molecule has 1 nitrogen and oxygen atoms in total. The summed E-state index contributed by atoms with van der Waals surface area (Å²) >= 11 is 1.78. The first-order chi connectivity index (χ1) is 3.77. The van der Waals surface area contributed by atoms with E-state index < -0.39 is 0 Å². The first-order valence-corrected chi connectivity index (χ1v) is 3.82. The normalized spacial score (nSPS) is 12.3. The van der Waals surface area contributed by atoms with E-state index in [0.29, 0.717) is 5.92 Å². The molecule has 1 unspecified atom stereocenters. The molecule has 0 heterocycles. The van der Waals surface area contributed by atoms with E-state index >= 15 is 0 Å². The van der Waals surface area contributed by atoms with Crippen LogP contribution in [0.5, 0.6) is 0 Å². The first kappa shape index (κ1) is 12.6. The summed E-state index contributed by atoms with van der Waals surface area (Å²) in [5.74, 6) is 2.42. The van der Waals surface area contributed by atoms with Crippen molar-refractivity contribution in [2.24, 2.45) is 5.92 Å². The molecule has 0 saturated carbocycles. The van der Waals surface area contributed by atoms with Crippen LogP contribution >= 0.6 is 11.8 Å². The van der Waals surface area contributed by atoms with Gasteiger partial charge >= 0.3 is 18.9 Å². The van der Waals surface area contributed by atoms with Crippen LogP contribution < -0.4 is 18.9 Å². The summed E-state index contributed by atoms with van der Waals surface area (Å²) < 4.78 is 4.83. The average molecular weight is 140 g/mol. The largest absolute Gasteiger partial charge is 1.00 e. The van der Waals surface area contributed by atoms with Gasteiger partial charge in [0.1, 0.15) is 0 Å². The topological polar surface area (TPSA) is 9.23 Å². The van der Waals surface area contributed by atoms with Crippen molar-refractivity contribution in [2.75, 3.05) is 18.8 Å². The maximum absolute atomic E-state index is 4.83. The van der Waals surface area contributed by atoms with Crippen LogP contribution in [0.25, 0.3) is 0 Å². The van der Waals surface area contributed by atoms with Crippen molar-refractivity contribution in [1.82, 2.24) is 0 Å². The third kappa shape index (κ3) is 12.2. The molecule has 0 spiro atoms. The Bertz CT molecular complexity index is 50.3. The zero-order valence-corrected chi connectivity index (χ0v) is 7.33. The van der Waals surface area contributed by atoms with Crippen molar-refractivity contribution in [3.63, 3.8) is 0 Å². The fourth-order valence-corrected chi connectivity index (χ4v) is 0.998. The molecular weight excluding hydrogens is 127 g/mol. The summed E-state index contributed by atoms with van der Waals surface area (Å²) in [7, 11) is 1.71. The fraction of sp³-hybridized carbons (Fsp3) is 0.833. The predicted molar refractivity (Wildman–Crippen MR) is 38.9 cm³/mol. The van der Waals surface area contributed by atoms with Gasteiger partial charge in [0.15, 0.2) is 0 Å². The molecule has 3 heteroatoms. The number of ether oxygens (including phenoxy) is 1. The summed E-state index contributed by atoms with van der Waals surface area (Å²) in [5.41, 5.74) is 0. The molecule has 50 valence electrons. The summed E-state index contributed by atoms with van der Waals surface area (Å²) in [6, 6.07) is 0. The van der Waals surface area contributed by atoms with Crippen LogP contribution in [0.4, 0.5) is 0 Å². The van der Waals surface area contributed by atoms with Gasteiger partial charge < -0.3 is 11.7 Å². The molecular formula is C6H13LiOS. The van der Waals surface area contributed by atoms with E-state index in [9.17, 15) is 0 Å². The van der Waals surface area contributed by atoms with Crippen molar-refractivity contribution in [2.45, 2.75) is 6.92 Å². The van der Waals surface area contributed by atoms with Gasteiger partial charge in [0.05, 0.1) is 5.94 Å². The summed E-state index contributed by atoms with van der Waals surface area (Å²) in [5, 5.41) is 0. The Kier molecular flexibility index (Phi) is 12.4. The molecule has 1 atom stereocenters. The Morgan fingerprint density at radius 3 is 2.56 bits per heavy atom. The summed E-state index contributed by atoms with van der Waals surface area (Å²) in [4.78, 5) is 0. The molecule has 0 amide bonds. The van der Waals surface area contributed by atoms with Gasteiger partial charge in [0, 0.05) is 7.11 Å². The molecule has 0 aliphatic carbocycles. The van der Waals surface area contributed by atoms with Crippen LogP contribution in [-0.2, 0) is 4.74 Å². The van der Waals surface area contributed by atoms with Crippen molar-refractivity contribution in [3.8, 4) is 0 Å². The molecule has 0 aromatic rings. The minimum Gasteiger partial charge on any atom is -0.374 e. The van der Waals surface area contributed by atoms with Gasteiger partial charge in [0.2, 0.25) is 0 Å². The number of methoxy groups -OCH3 is 1. The van der Waals surface area contributed by atoms with Gasteiger partial charge in [-0.1, -0.05) is 6.92 Å². The van der Waals surface area contributed by atoms with Crippen molar-refractivity contribution < 1.29 is 23.6 Å². The van der Waals surface area contributed by atoms with Crippen LogP contribution in [0.1, 0.15) is 6.92 Å². The average Bonchev–Trinajstić information content (AvgIpc) is 1.66. The van der Waals surface area contributed by atoms with Crippen LogP contribution in [0.15, 0.2) is 0 Å².